The Morgan fingerprint density at radius 1 is 1.07 bits per heavy atom. The second-order valence-electron chi connectivity index (χ2n) is 15.5. The highest BCUT2D eigenvalue weighted by Crippen LogP contribution is 2.35. The van der Waals surface area contributed by atoms with E-state index in [-0.39, 0.29) is 34.4 Å². The quantitative estimate of drug-likeness (QED) is 0.0739. The van der Waals surface area contributed by atoms with E-state index in [2.05, 4.69) is 37.4 Å². The third kappa shape index (κ3) is 11.2. The number of likely N-dealkylation sites (tertiary alicyclic amines) is 2. The number of carbonyl (C=O) groups is 3. The van der Waals surface area contributed by atoms with Gasteiger partial charge in [0.1, 0.15) is 23.4 Å². The minimum Gasteiger partial charge on any atom is -0.453 e. The van der Waals surface area contributed by atoms with Crippen LogP contribution in [0.3, 0.4) is 0 Å². The smallest absolute Gasteiger partial charge is 0.261 e. The number of benzene rings is 3. The van der Waals surface area contributed by atoms with Crippen LogP contribution in [0.4, 0.5) is 15.8 Å². The maximum absolute atomic E-state index is 15.0. The molecule has 16 heteroatoms. The fourth-order valence-corrected chi connectivity index (χ4v) is 8.35. The fraction of sp³-hybridized carbons (Fsp3) is 0.455. The number of aryl methyl sites for hydroxylation is 1. The van der Waals surface area contributed by atoms with E-state index in [9.17, 15) is 28.8 Å². The molecule has 0 radical (unpaired) electrons. The van der Waals surface area contributed by atoms with Gasteiger partial charge in [-0.2, -0.15) is 5.26 Å². The van der Waals surface area contributed by atoms with Crippen molar-refractivity contribution in [2.24, 2.45) is 5.92 Å². The first-order chi connectivity index (χ1) is 29.1. The number of nitriles is 1. The number of nitrogens with zero attached hydrogens (tertiary/aromatic N) is 6. The van der Waals surface area contributed by atoms with Crippen molar-refractivity contribution in [1.29, 1.82) is 5.26 Å². The Hall–Kier alpha value is -5.50. The van der Waals surface area contributed by atoms with Crippen molar-refractivity contribution in [1.82, 2.24) is 29.0 Å². The third-order valence-corrected chi connectivity index (χ3v) is 12.4. The molecule has 0 bridgehead atoms. The highest BCUT2D eigenvalue weighted by molar-refractivity contribution is 7.98. The van der Waals surface area contributed by atoms with E-state index < -0.39 is 11.9 Å². The van der Waals surface area contributed by atoms with Crippen molar-refractivity contribution < 1.29 is 23.5 Å². The van der Waals surface area contributed by atoms with Gasteiger partial charge in [0, 0.05) is 44.0 Å². The molecule has 1 unspecified atom stereocenters. The molecule has 3 heterocycles. The van der Waals surface area contributed by atoms with Crippen LogP contribution in [-0.4, -0.2) is 94.2 Å². The monoisotopic (exact) mass is 839 g/mol. The molecule has 14 nitrogen and oxygen atoms in total. The second kappa shape index (κ2) is 21.1. The zero-order valence-corrected chi connectivity index (χ0v) is 35.3. The molecule has 0 saturated carbocycles. The van der Waals surface area contributed by atoms with Crippen molar-refractivity contribution in [2.75, 3.05) is 56.4 Å². The average Bonchev–Trinajstić information content (AvgIpc) is 3.27. The molecule has 3 N–H and O–H groups in total. The highest BCUT2D eigenvalue weighted by Gasteiger charge is 2.27. The molecule has 3 amide bonds. The normalized spacial score (nSPS) is 15.7. The second-order valence-corrected chi connectivity index (χ2v) is 16.5. The summed E-state index contributed by atoms with van der Waals surface area (Å²) < 4.78 is 27.5. The molecule has 0 spiro atoms. The Morgan fingerprint density at radius 2 is 1.82 bits per heavy atom. The summed E-state index contributed by atoms with van der Waals surface area (Å²) in [6.45, 7) is 8.70. The molecule has 318 valence electrons. The molecule has 0 aliphatic carbocycles. The highest BCUT2D eigenvalue weighted by atomic mass is 32.2. The van der Waals surface area contributed by atoms with Crippen molar-refractivity contribution in [2.45, 2.75) is 77.3 Å². The molecule has 3 aromatic carbocycles. The molecule has 2 aliphatic heterocycles. The molecule has 1 atom stereocenters. The number of hydrogen-bond donors (Lipinski definition) is 3. The van der Waals surface area contributed by atoms with E-state index in [0.717, 1.165) is 63.8 Å². The van der Waals surface area contributed by atoms with Gasteiger partial charge in [0.25, 0.3) is 5.56 Å². The summed E-state index contributed by atoms with van der Waals surface area (Å²) in [5, 5.41) is 15.7. The van der Waals surface area contributed by atoms with Gasteiger partial charge in [-0.3, -0.25) is 34.0 Å². The van der Waals surface area contributed by atoms with Crippen molar-refractivity contribution in [3.63, 3.8) is 0 Å². The number of piperidine rings is 2. The first-order valence-electron chi connectivity index (χ1n) is 20.7. The van der Waals surface area contributed by atoms with Gasteiger partial charge in [0.2, 0.25) is 18.2 Å². The maximum atomic E-state index is 15.0. The number of ether oxygens (including phenoxy) is 1. The third-order valence-electron chi connectivity index (χ3n) is 11.5. The van der Waals surface area contributed by atoms with E-state index in [4.69, 9.17) is 4.74 Å². The number of rotatable bonds is 18. The Balaban J connectivity index is 0.960. The number of nitrogens with one attached hydrogen (secondary N) is 3. The number of carbonyl (C=O) groups excluding carboxylic acids is 3. The Kier molecular flexibility index (Phi) is 15.5. The minimum atomic E-state index is -0.692. The lowest BCUT2D eigenvalue weighted by atomic mass is 9.89. The minimum absolute atomic E-state index is 0.0176. The number of imide groups is 1. The largest absolute Gasteiger partial charge is 0.453 e. The summed E-state index contributed by atoms with van der Waals surface area (Å²) in [4.78, 5) is 58.6. The van der Waals surface area contributed by atoms with Gasteiger partial charge in [-0.25, -0.2) is 13.7 Å². The molecule has 2 saturated heterocycles. The van der Waals surface area contributed by atoms with E-state index in [1.807, 2.05) is 48.3 Å². The van der Waals surface area contributed by atoms with Gasteiger partial charge in [0.05, 0.1) is 29.5 Å². The van der Waals surface area contributed by atoms with Crippen LogP contribution < -0.4 is 25.7 Å². The summed E-state index contributed by atoms with van der Waals surface area (Å²) in [6.07, 6.45) is 7.84. The Morgan fingerprint density at radius 3 is 2.50 bits per heavy atom. The van der Waals surface area contributed by atoms with Crippen LogP contribution in [0.2, 0.25) is 0 Å². The van der Waals surface area contributed by atoms with E-state index >= 15 is 0 Å². The molecule has 6 rings (SSSR count). The number of aromatic nitrogens is 2. The first-order valence-corrected chi connectivity index (χ1v) is 21.5. The topological polar surface area (TPSA) is 165 Å². The van der Waals surface area contributed by atoms with E-state index in [0.29, 0.717) is 67.4 Å². The molecule has 2 aliphatic rings. The van der Waals surface area contributed by atoms with Crippen molar-refractivity contribution in [3.8, 4) is 17.6 Å². The zero-order valence-electron chi connectivity index (χ0n) is 34.5. The molecule has 4 aromatic rings. The fourth-order valence-electron chi connectivity index (χ4n) is 7.80. The lowest BCUT2D eigenvalue weighted by molar-refractivity contribution is -0.134. The number of halogens is 1. The molecule has 2 fully saturated rings. The van der Waals surface area contributed by atoms with Crippen LogP contribution in [0.25, 0.3) is 10.9 Å². The van der Waals surface area contributed by atoms with Gasteiger partial charge in [0.15, 0.2) is 11.6 Å². The first kappa shape index (κ1) is 44.1. The zero-order chi connectivity index (χ0) is 42.6. The van der Waals surface area contributed by atoms with E-state index in [1.165, 1.54) is 29.8 Å². The summed E-state index contributed by atoms with van der Waals surface area (Å²) in [5.41, 5.74) is 2.74. The molecule has 1 aromatic heterocycles. The number of fused-ring (bicyclic) bond motifs is 1. The maximum Gasteiger partial charge on any atom is 0.261 e. The lowest BCUT2D eigenvalue weighted by Gasteiger charge is -2.36. The summed E-state index contributed by atoms with van der Waals surface area (Å²) in [5.74, 6) is -0.112. The summed E-state index contributed by atoms with van der Waals surface area (Å²) >= 11 is 1.28. The predicted octanol–water partition coefficient (Wildman–Crippen LogP) is 6.49. The van der Waals surface area contributed by atoms with Crippen molar-refractivity contribution >= 4 is 52.6 Å². The van der Waals surface area contributed by atoms with Crippen LogP contribution in [0.1, 0.15) is 75.8 Å². The molecular formula is C44H54FN9O5S. The van der Waals surface area contributed by atoms with Crippen LogP contribution in [0.5, 0.6) is 11.5 Å². The Bertz CT molecular complexity index is 2220. The van der Waals surface area contributed by atoms with Crippen LogP contribution >= 0.6 is 12.1 Å². The van der Waals surface area contributed by atoms with E-state index in [1.54, 1.807) is 29.1 Å². The van der Waals surface area contributed by atoms with Crippen LogP contribution in [0, 0.1) is 23.1 Å². The number of amides is 3. The molecular weight excluding hydrogens is 786 g/mol. The summed E-state index contributed by atoms with van der Waals surface area (Å²) in [7, 11) is 1.89. The lowest BCUT2D eigenvalue weighted by Crippen LogP contribution is -2.46. The van der Waals surface area contributed by atoms with Gasteiger partial charge >= 0.3 is 0 Å². The van der Waals surface area contributed by atoms with Gasteiger partial charge in [-0.15, -0.1) is 0 Å². The number of hydrogen-bond acceptors (Lipinski definition) is 12. The summed E-state index contributed by atoms with van der Waals surface area (Å²) in [6, 6.07) is 17.2. The van der Waals surface area contributed by atoms with Crippen LogP contribution in [-0.2, 0) is 20.9 Å². The molecule has 60 heavy (non-hydrogen) atoms. The number of anilines is 2. The van der Waals surface area contributed by atoms with Gasteiger partial charge < -0.3 is 19.7 Å². The van der Waals surface area contributed by atoms with Gasteiger partial charge in [-0.1, -0.05) is 32.4 Å². The average molecular weight is 840 g/mol. The SMILES string of the molecule is CCCC(Nc1ccc(C2CCN(C(=O)CN3CCC(CCn4cnc5ccc(Oc6c(F)ccc(NSN(C)CC)c6C#N)cc5c4=O)CC3)CC2)cc1)C(=O)NC=O. The standard InChI is InChI=1S/C44H54FN9O5S/c1-4-6-40(43(57)48-29-55)49-33-9-7-31(8-10-33)32-18-23-53(24-19-32)41(56)27-52-20-15-30(16-21-52)17-22-54-28-47-38-13-11-34(25-35(38)44(54)58)59-42-36(26-46)39(14-12-37(42)45)50-60-51(3)5-2/h7-14,25,28-30,32,40,49-50H,4-6,15-24,27H2,1-3H3,(H,48,55,57). The van der Waals surface area contributed by atoms with Crippen molar-refractivity contribution in [3.05, 3.63) is 88.2 Å². The van der Waals surface area contributed by atoms with Gasteiger partial charge in [-0.05, 0) is 119 Å². The predicted molar refractivity (Wildman–Crippen MR) is 232 cm³/mol. The van der Waals surface area contributed by atoms with Crippen LogP contribution in [0.15, 0.2) is 65.7 Å². The Labute approximate surface area is 354 Å².